The molecule has 0 bridgehead atoms. The predicted molar refractivity (Wildman–Crippen MR) is 80.6 cm³/mol. The van der Waals surface area contributed by atoms with E-state index in [1.54, 1.807) is 42.5 Å². The zero-order valence-corrected chi connectivity index (χ0v) is 12.5. The van der Waals surface area contributed by atoms with Crippen molar-refractivity contribution < 1.29 is 27.9 Å². The Morgan fingerprint density at radius 1 is 1.08 bits per heavy atom. The van der Waals surface area contributed by atoms with Gasteiger partial charge in [0.05, 0.1) is 0 Å². The van der Waals surface area contributed by atoms with E-state index in [1.807, 2.05) is 0 Å². The van der Waals surface area contributed by atoms with Crippen LogP contribution >= 0.6 is 0 Å². The average molecular weight is 337 g/mol. The molecular weight excluding hydrogens is 323 g/mol. The largest absolute Gasteiger partial charge is 0.481 e. The van der Waals surface area contributed by atoms with E-state index in [2.05, 4.69) is 0 Å². The van der Waals surface area contributed by atoms with E-state index in [4.69, 9.17) is 5.11 Å². The smallest absolute Gasteiger partial charge is 0.406 e. The number of halogens is 3. The maximum absolute atomic E-state index is 13.2. The molecule has 7 heteroatoms. The Hall–Kier alpha value is -2.57. The van der Waals surface area contributed by atoms with Crippen molar-refractivity contribution in [2.45, 2.75) is 12.6 Å². The molecule has 126 valence electrons. The second-order valence-electron chi connectivity index (χ2n) is 5.89. The summed E-state index contributed by atoms with van der Waals surface area (Å²) in [5, 5.41) is 10.5. The highest BCUT2D eigenvalue weighted by Gasteiger charge is 2.64. The highest BCUT2D eigenvalue weighted by atomic mass is 19.4. The number of aliphatic carboxylic acids is 1. The topological polar surface area (TPSA) is 57.6 Å². The molecule has 1 fully saturated rings. The number of carbonyl (C=O) groups is 2. The molecule has 0 saturated carbocycles. The van der Waals surface area contributed by atoms with Crippen molar-refractivity contribution in [3.63, 3.8) is 0 Å². The first kappa shape index (κ1) is 16.3. The van der Waals surface area contributed by atoms with E-state index in [1.165, 1.54) is 0 Å². The van der Waals surface area contributed by atoms with Crippen LogP contribution < -0.4 is 0 Å². The third kappa shape index (κ3) is 2.40. The third-order valence-corrected chi connectivity index (χ3v) is 4.53. The second kappa shape index (κ2) is 5.51. The molecule has 0 aliphatic carbocycles. The van der Waals surface area contributed by atoms with Gasteiger partial charge in [-0.25, -0.2) is 0 Å². The van der Waals surface area contributed by atoms with Gasteiger partial charge in [-0.15, -0.1) is 0 Å². The van der Waals surface area contributed by atoms with Gasteiger partial charge in [0, 0.05) is 18.7 Å². The summed E-state index contributed by atoms with van der Waals surface area (Å²) in [6.07, 6.45) is -5.55. The molecule has 4 nitrogen and oxygen atoms in total. The highest BCUT2D eigenvalue weighted by molar-refractivity contribution is 6.07. The van der Waals surface area contributed by atoms with E-state index >= 15 is 0 Å². The Kier molecular flexibility index (Phi) is 3.74. The number of likely N-dealkylation sites (tertiary alicyclic amines) is 1. The van der Waals surface area contributed by atoms with Crippen LogP contribution in [0.4, 0.5) is 13.2 Å². The summed E-state index contributed by atoms with van der Waals surface area (Å²) in [4.78, 5) is 24.9. The molecule has 0 spiro atoms. The van der Waals surface area contributed by atoms with E-state index in [0.29, 0.717) is 5.39 Å². The third-order valence-electron chi connectivity index (χ3n) is 4.53. The lowest BCUT2D eigenvalue weighted by atomic mass is 9.86. The Labute approximate surface area is 135 Å². The molecule has 1 atom stereocenters. The minimum atomic E-state index is -4.91. The van der Waals surface area contributed by atoms with Gasteiger partial charge in [-0.1, -0.05) is 36.4 Å². The van der Waals surface area contributed by atoms with Gasteiger partial charge < -0.3 is 10.0 Å². The van der Waals surface area contributed by atoms with Crippen LogP contribution in [0.25, 0.3) is 10.8 Å². The number of hydrogen-bond acceptors (Lipinski definition) is 2. The number of nitrogens with zero attached hydrogens (tertiary/aromatic N) is 1. The van der Waals surface area contributed by atoms with Gasteiger partial charge in [0.25, 0.3) is 5.91 Å². The number of carboxylic acid groups (broad SMARTS) is 1. The van der Waals surface area contributed by atoms with Crippen molar-refractivity contribution in [1.82, 2.24) is 4.90 Å². The molecule has 3 rings (SSSR count). The van der Waals surface area contributed by atoms with Crippen molar-refractivity contribution in [3.05, 3.63) is 48.0 Å². The molecule has 0 radical (unpaired) electrons. The molecule has 1 amide bonds. The van der Waals surface area contributed by atoms with Crippen molar-refractivity contribution in [2.24, 2.45) is 5.41 Å². The summed E-state index contributed by atoms with van der Waals surface area (Å²) in [6, 6.07) is 12.0. The summed E-state index contributed by atoms with van der Waals surface area (Å²) in [5.41, 5.74) is -2.62. The maximum atomic E-state index is 13.2. The van der Waals surface area contributed by atoms with Crippen LogP contribution in [0, 0.1) is 5.41 Å². The highest BCUT2D eigenvalue weighted by Crippen LogP contribution is 2.46. The van der Waals surface area contributed by atoms with E-state index in [-0.39, 0.29) is 12.1 Å². The molecular formula is C17H14F3NO3. The average Bonchev–Trinajstić information content (AvgIpc) is 3.00. The molecule has 1 aliphatic rings. The number of amides is 1. The fraction of sp³-hybridized carbons (Fsp3) is 0.294. The number of alkyl halides is 3. The zero-order valence-electron chi connectivity index (χ0n) is 12.5. The van der Waals surface area contributed by atoms with Crippen molar-refractivity contribution in [3.8, 4) is 0 Å². The first-order valence-corrected chi connectivity index (χ1v) is 7.33. The van der Waals surface area contributed by atoms with Gasteiger partial charge in [0.15, 0.2) is 5.41 Å². The minimum absolute atomic E-state index is 0.242. The lowest BCUT2D eigenvalue weighted by molar-refractivity contribution is -0.227. The van der Waals surface area contributed by atoms with Gasteiger partial charge in [-0.05, 0) is 23.3 Å². The van der Waals surface area contributed by atoms with Gasteiger partial charge in [-0.2, -0.15) is 13.2 Å². The second-order valence-corrected chi connectivity index (χ2v) is 5.89. The molecule has 1 heterocycles. The predicted octanol–water partition coefficient (Wildman–Crippen LogP) is 3.32. The molecule has 1 saturated heterocycles. The maximum Gasteiger partial charge on any atom is 0.406 e. The van der Waals surface area contributed by atoms with E-state index in [9.17, 15) is 22.8 Å². The van der Waals surface area contributed by atoms with Crippen LogP contribution in [-0.2, 0) is 4.79 Å². The van der Waals surface area contributed by atoms with Crippen LogP contribution in [0.2, 0.25) is 0 Å². The minimum Gasteiger partial charge on any atom is -0.481 e. The summed E-state index contributed by atoms with van der Waals surface area (Å²) < 4.78 is 39.7. The number of carbonyl (C=O) groups excluding carboxylic acids is 1. The zero-order chi connectivity index (χ0) is 17.5. The lowest BCUT2D eigenvalue weighted by Gasteiger charge is -2.27. The van der Waals surface area contributed by atoms with E-state index < -0.39 is 36.4 Å². The summed E-state index contributed by atoms with van der Waals surface area (Å²) >= 11 is 0. The number of benzene rings is 2. The van der Waals surface area contributed by atoms with Crippen molar-refractivity contribution >= 4 is 22.6 Å². The number of hydrogen-bond donors (Lipinski definition) is 1. The van der Waals surface area contributed by atoms with Crippen LogP contribution in [0.5, 0.6) is 0 Å². The SMILES string of the molecule is O=C(c1cccc2ccccc12)N1CCC(C(=O)O)(C(F)(F)F)C1. The van der Waals surface area contributed by atoms with Crippen LogP contribution in [0.15, 0.2) is 42.5 Å². The molecule has 1 unspecified atom stereocenters. The summed E-state index contributed by atoms with van der Waals surface area (Å²) in [6.45, 7) is -1.11. The van der Waals surface area contributed by atoms with Crippen molar-refractivity contribution in [1.29, 1.82) is 0 Å². The molecule has 0 aromatic heterocycles. The first-order chi connectivity index (χ1) is 11.3. The molecule has 2 aromatic carbocycles. The summed E-state index contributed by atoms with van der Waals surface area (Å²) in [5.74, 6) is -2.53. The number of carboxylic acids is 1. The Bertz CT molecular complexity index is 813. The summed E-state index contributed by atoms with van der Waals surface area (Å²) in [7, 11) is 0. The quantitative estimate of drug-likeness (QED) is 0.915. The lowest BCUT2D eigenvalue weighted by Crippen LogP contribution is -2.47. The monoisotopic (exact) mass is 337 g/mol. The normalized spacial score (nSPS) is 21.2. The van der Waals surface area contributed by atoms with Crippen LogP contribution in [0.1, 0.15) is 16.8 Å². The molecule has 1 N–H and O–H groups in total. The fourth-order valence-electron chi connectivity index (χ4n) is 3.09. The van der Waals surface area contributed by atoms with E-state index in [0.717, 1.165) is 10.3 Å². The van der Waals surface area contributed by atoms with Gasteiger partial charge in [0.1, 0.15) is 0 Å². The fourth-order valence-corrected chi connectivity index (χ4v) is 3.09. The number of fused-ring (bicyclic) bond motifs is 1. The van der Waals surface area contributed by atoms with Crippen LogP contribution in [-0.4, -0.2) is 41.1 Å². The molecule has 2 aromatic rings. The molecule has 24 heavy (non-hydrogen) atoms. The van der Waals surface area contributed by atoms with Gasteiger partial charge >= 0.3 is 12.1 Å². The Morgan fingerprint density at radius 2 is 1.75 bits per heavy atom. The molecule has 1 aliphatic heterocycles. The standard InChI is InChI=1S/C17H14F3NO3/c18-17(19,20)16(15(23)24)8-9-21(10-16)14(22)13-7-3-5-11-4-1-2-6-12(11)13/h1-7H,8-10H2,(H,23,24). The first-order valence-electron chi connectivity index (χ1n) is 7.33. The van der Waals surface area contributed by atoms with Gasteiger partial charge in [-0.3, -0.25) is 9.59 Å². The Morgan fingerprint density at radius 3 is 2.38 bits per heavy atom. The number of rotatable bonds is 2. The van der Waals surface area contributed by atoms with Gasteiger partial charge in [0.2, 0.25) is 0 Å². The Balaban J connectivity index is 1.96. The van der Waals surface area contributed by atoms with Crippen molar-refractivity contribution in [2.75, 3.05) is 13.1 Å². The van der Waals surface area contributed by atoms with Crippen LogP contribution in [0.3, 0.4) is 0 Å².